The Bertz CT molecular complexity index is 540. The van der Waals surface area contributed by atoms with Gasteiger partial charge >= 0.3 is 0 Å². The van der Waals surface area contributed by atoms with E-state index < -0.39 is 0 Å². The first-order valence-electron chi connectivity index (χ1n) is 12.8. The summed E-state index contributed by atoms with van der Waals surface area (Å²) >= 11 is 0. The standard InChI is InChI=1S/C27H48O/c1-18(2)7-8-19(3)23-11-12-24-22-10-9-20-17-21(28-6)13-15-26(20,4)25(22)14-16-27(23,24)5/h18-25H,7-17H2,1-6H3. The summed E-state index contributed by atoms with van der Waals surface area (Å²) in [5.74, 6) is 6.77. The fourth-order valence-corrected chi connectivity index (χ4v) is 9.21. The van der Waals surface area contributed by atoms with Crippen molar-refractivity contribution in [2.45, 2.75) is 111 Å². The van der Waals surface area contributed by atoms with Crippen LogP contribution in [0.5, 0.6) is 0 Å². The molecule has 4 aliphatic rings. The van der Waals surface area contributed by atoms with E-state index in [2.05, 4.69) is 34.6 Å². The Hall–Kier alpha value is -0.0400. The van der Waals surface area contributed by atoms with Crippen LogP contribution in [0.3, 0.4) is 0 Å². The highest BCUT2D eigenvalue weighted by molar-refractivity contribution is 5.09. The zero-order valence-electron chi connectivity index (χ0n) is 19.8. The average molecular weight is 389 g/mol. The maximum absolute atomic E-state index is 5.79. The Morgan fingerprint density at radius 3 is 2.25 bits per heavy atom. The second-order valence-corrected chi connectivity index (χ2v) is 12.5. The van der Waals surface area contributed by atoms with Gasteiger partial charge in [-0.2, -0.15) is 0 Å². The quantitative estimate of drug-likeness (QED) is 0.468. The fourth-order valence-electron chi connectivity index (χ4n) is 9.21. The Labute approximate surface area is 175 Å². The maximum Gasteiger partial charge on any atom is 0.0574 e. The summed E-state index contributed by atoms with van der Waals surface area (Å²) in [5.41, 5.74) is 1.26. The molecule has 0 radical (unpaired) electrons. The number of hydrogen-bond acceptors (Lipinski definition) is 1. The molecule has 4 fully saturated rings. The van der Waals surface area contributed by atoms with Crippen LogP contribution in [-0.4, -0.2) is 13.2 Å². The Morgan fingerprint density at radius 1 is 0.821 bits per heavy atom. The van der Waals surface area contributed by atoms with Crippen LogP contribution in [0, 0.1) is 52.3 Å². The molecule has 1 heteroatoms. The van der Waals surface area contributed by atoms with E-state index in [0.717, 1.165) is 41.4 Å². The van der Waals surface area contributed by atoms with E-state index in [4.69, 9.17) is 4.74 Å². The second kappa shape index (κ2) is 7.90. The van der Waals surface area contributed by atoms with Gasteiger partial charge in [-0.15, -0.1) is 0 Å². The molecule has 0 bridgehead atoms. The molecular weight excluding hydrogens is 340 g/mol. The lowest BCUT2D eigenvalue weighted by atomic mass is 9.44. The molecule has 0 amide bonds. The van der Waals surface area contributed by atoms with Crippen molar-refractivity contribution in [3.05, 3.63) is 0 Å². The van der Waals surface area contributed by atoms with Gasteiger partial charge in [0, 0.05) is 7.11 Å². The topological polar surface area (TPSA) is 9.23 Å². The van der Waals surface area contributed by atoms with Crippen LogP contribution in [0.2, 0.25) is 0 Å². The van der Waals surface area contributed by atoms with Crippen LogP contribution in [0.15, 0.2) is 0 Å². The predicted octanol–water partition coefficient (Wildman–Crippen LogP) is 7.73. The van der Waals surface area contributed by atoms with Crippen LogP contribution in [0.4, 0.5) is 0 Å². The molecule has 9 atom stereocenters. The van der Waals surface area contributed by atoms with Gasteiger partial charge in [0.1, 0.15) is 0 Å². The van der Waals surface area contributed by atoms with E-state index in [1.165, 1.54) is 70.6 Å². The first-order chi connectivity index (χ1) is 13.3. The molecule has 0 N–H and O–H groups in total. The van der Waals surface area contributed by atoms with E-state index >= 15 is 0 Å². The molecule has 0 saturated heterocycles. The lowest BCUT2D eigenvalue weighted by Gasteiger charge is -2.61. The third-order valence-electron chi connectivity index (χ3n) is 10.9. The molecule has 0 aromatic carbocycles. The van der Waals surface area contributed by atoms with Crippen molar-refractivity contribution in [3.8, 4) is 0 Å². The normalized spacial score (nSPS) is 49.4. The van der Waals surface area contributed by atoms with E-state index in [1.807, 2.05) is 7.11 Å². The number of hydrogen-bond donors (Lipinski definition) is 0. The molecule has 9 unspecified atom stereocenters. The minimum atomic E-state index is 0.543. The molecule has 0 aromatic rings. The number of ether oxygens (including phenoxy) is 1. The molecular formula is C27H48O. The first-order valence-corrected chi connectivity index (χ1v) is 12.8. The van der Waals surface area contributed by atoms with E-state index in [1.54, 1.807) is 0 Å². The summed E-state index contributed by atoms with van der Waals surface area (Å²) < 4.78 is 5.79. The Balaban J connectivity index is 1.49. The molecule has 4 saturated carbocycles. The van der Waals surface area contributed by atoms with Crippen molar-refractivity contribution in [2.24, 2.45) is 52.3 Å². The van der Waals surface area contributed by atoms with Crippen molar-refractivity contribution >= 4 is 0 Å². The molecule has 4 rings (SSSR count). The van der Waals surface area contributed by atoms with Crippen LogP contribution < -0.4 is 0 Å². The van der Waals surface area contributed by atoms with Gasteiger partial charge in [0.15, 0.2) is 0 Å². The first kappa shape index (κ1) is 21.2. The van der Waals surface area contributed by atoms with Gasteiger partial charge in [0.2, 0.25) is 0 Å². The summed E-state index contributed by atoms with van der Waals surface area (Å²) in [6.07, 6.45) is 16.6. The van der Waals surface area contributed by atoms with Crippen molar-refractivity contribution in [2.75, 3.05) is 7.11 Å². The smallest absolute Gasteiger partial charge is 0.0574 e. The van der Waals surface area contributed by atoms with Gasteiger partial charge in [0.05, 0.1) is 6.10 Å². The highest BCUT2D eigenvalue weighted by Gasteiger charge is 2.60. The fraction of sp³-hybridized carbons (Fsp3) is 1.00. The molecule has 1 nitrogen and oxygen atoms in total. The summed E-state index contributed by atoms with van der Waals surface area (Å²) in [7, 11) is 1.93. The second-order valence-electron chi connectivity index (χ2n) is 12.5. The van der Waals surface area contributed by atoms with Crippen molar-refractivity contribution in [1.82, 2.24) is 0 Å². The van der Waals surface area contributed by atoms with Crippen molar-refractivity contribution in [1.29, 1.82) is 0 Å². The largest absolute Gasteiger partial charge is 0.381 e. The van der Waals surface area contributed by atoms with E-state index in [-0.39, 0.29) is 0 Å². The highest BCUT2D eigenvalue weighted by atomic mass is 16.5. The Morgan fingerprint density at radius 2 is 1.54 bits per heavy atom. The predicted molar refractivity (Wildman–Crippen MR) is 119 cm³/mol. The van der Waals surface area contributed by atoms with Crippen LogP contribution in [0.1, 0.15) is 105 Å². The summed E-state index contributed by atoms with van der Waals surface area (Å²) in [6, 6.07) is 0. The maximum atomic E-state index is 5.79. The zero-order valence-corrected chi connectivity index (χ0v) is 19.8. The highest BCUT2D eigenvalue weighted by Crippen LogP contribution is 2.68. The van der Waals surface area contributed by atoms with Gasteiger partial charge in [-0.3, -0.25) is 0 Å². The van der Waals surface area contributed by atoms with Crippen LogP contribution in [-0.2, 0) is 4.74 Å². The molecule has 0 heterocycles. The monoisotopic (exact) mass is 388 g/mol. The minimum Gasteiger partial charge on any atom is -0.381 e. The van der Waals surface area contributed by atoms with Crippen molar-refractivity contribution in [3.63, 3.8) is 0 Å². The van der Waals surface area contributed by atoms with Gasteiger partial charge in [-0.1, -0.05) is 47.5 Å². The minimum absolute atomic E-state index is 0.543. The Kier molecular flexibility index (Phi) is 5.98. The van der Waals surface area contributed by atoms with Gasteiger partial charge in [-0.05, 0) is 110 Å². The van der Waals surface area contributed by atoms with Gasteiger partial charge in [-0.25, -0.2) is 0 Å². The van der Waals surface area contributed by atoms with Gasteiger partial charge in [0.25, 0.3) is 0 Å². The number of rotatable bonds is 5. The zero-order chi connectivity index (χ0) is 20.1. The lowest BCUT2D eigenvalue weighted by Crippen LogP contribution is -2.54. The van der Waals surface area contributed by atoms with Crippen molar-refractivity contribution < 1.29 is 4.74 Å². The third kappa shape index (κ3) is 3.40. The number of fused-ring (bicyclic) bond motifs is 5. The third-order valence-corrected chi connectivity index (χ3v) is 10.9. The molecule has 28 heavy (non-hydrogen) atoms. The molecule has 0 spiro atoms. The van der Waals surface area contributed by atoms with Crippen LogP contribution >= 0.6 is 0 Å². The SMILES string of the molecule is COC1CCC2(C)C(CCC3C2CCC2(C)C(C(C)CCC(C)C)CCC32)C1. The molecule has 0 aromatic heterocycles. The summed E-state index contributed by atoms with van der Waals surface area (Å²) in [5, 5.41) is 0. The molecule has 162 valence electrons. The molecule has 0 aliphatic heterocycles. The van der Waals surface area contributed by atoms with E-state index in [9.17, 15) is 0 Å². The summed E-state index contributed by atoms with van der Waals surface area (Å²) in [6.45, 7) is 12.8. The van der Waals surface area contributed by atoms with Gasteiger partial charge < -0.3 is 4.74 Å². The van der Waals surface area contributed by atoms with Crippen LogP contribution in [0.25, 0.3) is 0 Å². The summed E-state index contributed by atoms with van der Waals surface area (Å²) in [4.78, 5) is 0. The van der Waals surface area contributed by atoms with E-state index in [0.29, 0.717) is 16.9 Å². The molecule has 4 aliphatic carbocycles. The average Bonchev–Trinajstić information content (AvgIpc) is 3.02. The lowest BCUT2D eigenvalue weighted by molar-refractivity contribution is -0.133. The number of methoxy groups -OCH3 is 1.